The van der Waals surface area contributed by atoms with Gasteiger partial charge in [0.05, 0.1) is 15.7 Å². The molecule has 1 aromatic carbocycles. The van der Waals surface area contributed by atoms with Crippen LogP contribution in [0, 0.1) is 6.92 Å². The molecule has 0 amide bonds. The van der Waals surface area contributed by atoms with Crippen LogP contribution in [0.1, 0.15) is 23.9 Å². The number of aromatic nitrogens is 2. The molecule has 2 rings (SSSR count). The third kappa shape index (κ3) is 3.40. The first-order valence-corrected chi connectivity index (χ1v) is 9.31. The molecule has 0 radical (unpaired) electrons. The van der Waals surface area contributed by atoms with E-state index in [0.29, 0.717) is 0 Å². The lowest BCUT2D eigenvalue weighted by molar-refractivity contribution is 0.464. The number of benzene rings is 1. The van der Waals surface area contributed by atoms with E-state index in [1.807, 2.05) is 20.9 Å². The molecule has 0 saturated heterocycles. The Bertz CT molecular complexity index is 811. The van der Waals surface area contributed by atoms with Gasteiger partial charge in [-0.15, -0.1) is 0 Å². The summed E-state index contributed by atoms with van der Waals surface area (Å²) in [5.41, 5.74) is 2.73. The first-order chi connectivity index (χ1) is 10.7. The zero-order valence-electron chi connectivity index (χ0n) is 13.5. The topological polar surface area (TPSA) is 55.2 Å². The normalized spacial score (nSPS) is 12.1. The summed E-state index contributed by atoms with van der Waals surface area (Å²) in [6.07, 6.45) is 0.734. The Morgan fingerprint density at radius 1 is 1.26 bits per heavy atom. The van der Waals surface area contributed by atoms with Crippen molar-refractivity contribution in [3.05, 3.63) is 45.2 Å². The molecule has 1 heterocycles. The summed E-state index contributed by atoms with van der Waals surface area (Å²) in [5.74, 6) is 0. The summed E-state index contributed by atoms with van der Waals surface area (Å²) in [6, 6.07) is 4.64. The minimum Gasteiger partial charge on any atom is -0.272 e. The van der Waals surface area contributed by atoms with Crippen LogP contribution in [0.3, 0.4) is 0 Å². The maximum atomic E-state index is 12.8. The smallest absolute Gasteiger partial charge is 0.246 e. The third-order valence-corrected chi connectivity index (χ3v) is 6.60. The first kappa shape index (κ1) is 18.3. The van der Waals surface area contributed by atoms with Gasteiger partial charge >= 0.3 is 0 Å². The number of sulfonamides is 1. The minimum absolute atomic E-state index is 0.0644. The lowest BCUT2D eigenvalue weighted by atomic mass is 10.1. The second-order valence-corrected chi connectivity index (χ2v) is 8.10. The van der Waals surface area contributed by atoms with Crippen molar-refractivity contribution in [2.24, 2.45) is 7.05 Å². The van der Waals surface area contributed by atoms with Crippen LogP contribution in [0.4, 0.5) is 0 Å². The molecule has 0 saturated carbocycles. The van der Waals surface area contributed by atoms with Crippen molar-refractivity contribution < 1.29 is 8.42 Å². The average Bonchev–Trinajstić information content (AvgIpc) is 2.74. The zero-order valence-corrected chi connectivity index (χ0v) is 15.8. The van der Waals surface area contributed by atoms with Crippen molar-refractivity contribution in [2.75, 3.05) is 7.05 Å². The van der Waals surface area contributed by atoms with Crippen LogP contribution in [-0.2, 0) is 30.0 Å². The van der Waals surface area contributed by atoms with Crippen LogP contribution >= 0.6 is 23.2 Å². The van der Waals surface area contributed by atoms with E-state index in [-0.39, 0.29) is 21.5 Å². The van der Waals surface area contributed by atoms with Crippen LogP contribution in [0.2, 0.25) is 10.0 Å². The van der Waals surface area contributed by atoms with Gasteiger partial charge in [0.15, 0.2) is 0 Å². The fourth-order valence-corrected chi connectivity index (χ4v) is 4.62. The summed E-state index contributed by atoms with van der Waals surface area (Å²) in [6.45, 7) is 4.13. The van der Waals surface area contributed by atoms with E-state index in [0.717, 1.165) is 23.4 Å². The molecule has 0 aliphatic carbocycles. The molecule has 0 spiro atoms. The molecule has 8 heteroatoms. The minimum atomic E-state index is -3.80. The molecule has 1 aromatic heterocycles. The highest BCUT2D eigenvalue weighted by molar-refractivity contribution is 7.89. The van der Waals surface area contributed by atoms with Gasteiger partial charge in [-0.3, -0.25) is 4.68 Å². The highest BCUT2D eigenvalue weighted by Crippen LogP contribution is 2.32. The molecule has 0 aliphatic heterocycles. The molecule has 0 fully saturated rings. The summed E-state index contributed by atoms with van der Waals surface area (Å²) in [7, 11) is -0.439. The lowest BCUT2D eigenvalue weighted by Gasteiger charge is -2.19. The first-order valence-electron chi connectivity index (χ1n) is 7.11. The predicted octanol–water partition coefficient (Wildman–Crippen LogP) is 3.42. The number of hydrogen-bond donors (Lipinski definition) is 0. The van der Waals surface area contributed by atoms with E-state index >= 15 is 0 Å². The summed E-state index contributed by atoms with van der Waals surface area (Å²) < 4.78 is 28.7. The Hall–Kier alpha value is -1.08. The number of aryl methyl sites for hydroxylation is 2. The quantitative estimate of drug-likeness (QED) is 0.804. The Balaban J connectivity index is 2.43. The van der Waals surface area contributed by atoms with E-state index in [1.165, 1.54) is 23.5 Å². The number of hydrogen-bond acceptors (Lipinski definition) is 3. The van der Waals surface area contributed by atoms with Crippen LogP contribution in [-0.4, -0.2) is 29.6 Å². The van der Waals surface area contributed by atoms with Gasteiger partial charge in [0.25, 0.3) is 0 Å². The van der Waals surface area contributed by atoms with E-state index in [9.17, 15) is 8.42 Å². The highest BCUT2D eigenvalue weighted by atomic mass is 35.5. The molecular formula is C15H19Cl2N3O2S. The molecule has 0 N–H and O–H groups in total. The molecule has 0 bridgehead atoms. The van der Waals surface area contributed by atoms with Crippen LogP contribution in [0.25, 0.3) is 0 Å². The van der Waals surface area contributed by atoms with Crippen LogP contribution in [0.15, 0.2) is 23.1 Å². The van der Waals surface area contributed by atoms with Crippen LogP contribution < -0.4 is 0 Å². The van der Waals surface area contributed by atoms with Gasteiger partial charge in [0.2, 0.25) is 10.0 Å². The molecule has 2 aromatic rings. The highest BCUT2D eigenvalue weighted by Gasteiger charge is 2.28. The van der Waals surface area contributed by atoms with Crippen molar-refractivity contribution in [1.29, 1.82) is 0 Å². The van der Waals surface area contributed by atoms with Gasteiger partial charge in [-0.2, -0.15) is 9.40 Å². The van der Waals surface area contributed by atoms with Crippen molar-refractivity contribution in [3.63, 3.8) is 0 Å². The van der Waals surface area contributed by atoms with Gasteiger partial charge in [-0.1, -0.05) is 36.2 Å². The van der Waals surface area contributed by atoms with E-state index < -0.39 is 10.0 Å². The fourth-order valence-electron chi connectivity index (χ4n) is 2.40. The molecule has 0 aliphatic rings. The molecule has 0 atom stereocenters. The Labute approximate surface area is 146 Å². The van der Waals surface area contributed by atoms with E-state index in [4.69, 9.17) is 23.2 Å². The largest absolute Gasteiger partial charge is 0.272 e. The Morgan fingerprint density at radius 2 is 1.83 bits per heavy atom. The van der Waals surface area contributed by atoms with Crippen molar-refractivity contribution >= 4 is 33.2 Å². The molecular weight excluding hydrogens is 357 g/mol. The zero-order chi connectivity index (χ0) is 17.4. The lowest BCUT2D eigenvalue weighted by Crippen LogP contribution is -2.27. The second kappa shape index (κ2) is 6.81. The molecule has 5 nitrogen and oxygen atoms in total. The number of rotatable bonds is 5. The molecule has 23 heavy (non-hydrogen) atoms. The summed E-state index contributed by atoms with van der Waals surface area (Å²) in [5, 5.41) is 4.64. The monoisotopic (exact) mass is 375 g/mol. The van der Waals surface area contributed by atoms with Crippen molar-refractivity contribution in [2.45, 2.75) is 31.7 Å². The van der Waals surface area contributed by atoms with Crippen molar-refractivity contribution in [3.8, 4) is 0 Å². The number of halogens is 2. The Kier molecular flexibility index (Phi) is 5.41. The van der Waals surface area contributed by atoms with Crippen molar-refractivity contribution in [1.82, 2.24) is 14.1 Å². The third-order valence-electron chi connectivity index (χ3n) is 3.84. The number of nitrogens with zero attached hydrogens (tertiary/aromatic N) is 3. The second-order valence-electron chi connectivity index (χ2n) is 5.30. The van der Waals surface area contributed by atoms with Gasteiger partial charge in [0, 0.05) is 31.9 Å². The predicted molar refractivity (Wildman–Crippen MR) is 92.4 cm³/mol. The van der Waals surface area contributed by atoms with E-state index in [1.54, 1.807) is 10.7 Å². The van der Waals surface area contributed by atoms with E-state index in [2.05, 4.69) is 5.10 Å². The molecule has 126 valence electrons. The average molecular weight is 376 g/mol. The standard InChI is InChI=1S/C15H19Cl2N3O2S/c1-5-14-11(10(2)20(4)18-14)9-19(3)23(21,22)15-12(16)7-6-8-13(15)17/h6-8H,5,9H2,1-4H3. The van der Waals surface area contributed by atoms with Gasteiger partial charge in [0.1, 0.15) is 4.90 Å². The Morgan fingerprint density at radius 3 is 2.35 bits per heavy atom. The molecule has 0 unspecified atom stereocenters. The van der Waals surface area contributed by atoms with Crippen LogP contribution in [0.5, 0.6) is 0 Å². The fraction of sp³-hybridized carbons (Fsp3) is 0.400. The van der Waals surface area contributed by atoms with Gasteiger partial charge in [-0.05, 0) is 25.5 Å². The van der Waals surface area contributed by atoms with Gasteiger partial charge in [-0.25, -0.2) is 8.42 Å². The SMILES string of the molecule is CCc1nn(C)c(C)c1CN(C)S(=O)(=O)c1c(Cl)cccc1Cl. The maximum absolute atomic E-state index is 12.8. The summed E-state index contributed by atoms with van der Waals surface area (Å²) in [4.78, 5) is -0.0644. The van der Waals surface area contributed by atoms with Gasteiger partial charge < -0.3 is 0 Å². The maximum Gasteiger partial charge on any atom is 0.246 e. The summed E-state index contributed by atoms with van der Waals surface area (Å²) >= 11 is 12.1.